The van der Waals surface area contributed by atoms with Crippen LogP contribution in [0, 0.1) is 15.9 Å². The molecule has 0 heterocycles. The lowest BCUT2D eigenvalue weighted by Crippen LogP contribution is -2.06. The van der Waals surface area contributed by atoms with Crippen LogP contribution >= 0.6 is 0 Å². The number of hydrogen-bond donors (Lipinski definition) is 3. The minimum atomic E-state index is -1.50. The van der Waals surface area contributed by atoms with Gasteiger partial charge in [-0.05, 0) is 18.2 Å². The standard InChI is InChI=1S/C6H7FN2.HNO3/c7-5-2-1-3-6(4-5)9-8;2-1(3)4/h1-4,9H,8H2;(H,2,3,4). The van der Waals surface area contributed by atoms with Crippen LogP contribution in [0.3, 0.4) is 0 Å². The zero-order valence-corrected chi connectivity index (χ0v) is 6.48. The molecule has 0 radical (unpaired) electrons. The molecular weight excluding hydrogens is 181 g/mol. The van der Waals surface area contributed by atoms with Crippen LogP contribution in [0.25, 0.3) is 0 Å². The molecule has 0 bridgehead atoms. The largest absolute Gasteiger partial charge is 0.328 e. The lowest BCUT2D eigenvalue weighted by molar-refractivity contribution is -0.742. The van der Waals surface area contributed by atoms with E-state index in [-0.39, 0.29) is 5.82 Å². The Hall–Kier alpha value is -1.89. The highest BCUT2D eigenvalue weighted by Gasteiger charge is 1.88. The summed E-state index contributed by atoms with van der Waals surface area (Å²) < 4.78 is 12.3. The average molecular weight is 189 g/mol. The molecule has 7 heteroatoms. The normalized spacial score (nSPS) is 8.15. The van der Waals surface area contributed by atoms with Crippen LogP contribution in [0.2, 0.25) is 0 Å². The molecule has 0 spiro atoms. The molecule has 0 aliphatic heterocycles. The summed E-state index contributed by atoms with van der Waals surface area (Å²) in [6.07, 6.45) is 0. The minimum Gasteiger partial charge on any atom is -0.328 e. The van der Waals surface area contributed by atoms with Crippen molar-refractivity contribution in [3.8, 4) is 0 Å². The van der Waals surface area contributed by atoms with Crippen molar-refractivity contribution in [3.05, 3.63) is 40.2 Å². The van der Waals surface area contributed by atoms with Gasteiger partial charge in [0.2, 0.25) is 0 Å². The summed E-state index contributed by atoms with van der Waals surface area (Å²) in [6.45, 7) is 0. The molecule has 72 valence electrons. The van der Waals surface area contributed by atoms with E-state index in [2.05, 4.69) is 5.43 Å². The Morgan fingerprint density at radius 3 is 2.46 bits per heavy atom. The Morgan fingerprint density at radius 1 is 1.62 bits per heavy atom. The quantitative estimate of drug-likeness (QED) is 0.344. The Bertz CT molecular complexity index is 278. The Balaban J connectivity index is 0.000000310. The van der Waals surface area contributed by atoms with E-state index in [1.807, 2.05) is 0 Å². The minimum absolute atomic E-state index is 0.287. The van der Waals surface area contributed by atoms with Crippen LogP contribution in [0.1, 0.15) is 0 Å². The van der Waals surface area contributed by atoms with Crippen LogP contribution in [-0.2, 0) is 0 Å². The second-order valence-electron chi connectivity index (χ2n) is 1.89. The first kappa shape index (κ1) is 11.1. The molecule has 1 aromatic carbocycles. The zero-order chi connectivity index (χ0) is 10.3. The molecule has 13 heavy (non-hydrogen) atoms. The van der Waals surface area contributed by atoms with Crippen LogP contribution < -0.4 is 11.3 Å². The molecule has 0 atom stereocenters. The van der Waals surface area contributed by atoms with E-state index >= 15 is 0 Å². The fourth-order valence-corrected chi connectivity index (χ4v) is 0.578. The van der Waals surface area contributed by atoms with E-state index < -0.39 is 5.09 Å². The van der Waals surface area contributed by atoms with Crippen molar-refractivity contribution >= 4 is 5.69 Å². The van der Waals surface area contributed by atoms with Crippen LogP contribution in [0.15, 0.2) is 24.3 Å². The lowest BCUT2D eigenvalue weighted by atomic mass is 10.3. The molecule has 0 aliphatic carbocycles. The van der Waals surface area contributed by atoms with Gasteiger partial charge in [0.25, 0.3) is 5.09 Å². The fourth-order valence-electron chi connectivity index (χ4n) is 0.578. The maximum atomic E-state index is 12.3. The SMILES string of the molecule is NNc1cccc(F)c1.O=[N+]([O-])O. The van der Waals surface area contributed by atoms with Gasteiger partial charge in [0, 0.05) is 0 Å². The topological polar surface area (TPSA) is 101 Å². The van der Waals surface area contributed by atoms with E-state index in [9.17, 15) is 4.39 Å². The van der Waals surface area contributed by atoms with Crippen molar-refractivity contribution in [2.45, 2.75) is 0 Å². The van der Waals surface area contributed by atoms with Gasteiger partial charge in [0.05, 0.1) is 5.69 Å². The van der Waals surface area contributed by atoms with Gasteiger partial charge in [-0.1, -0.05) is 6.07 Å². The summed E-state index contributed by atoms with van der Waals surface area (Å²) in [4.78, 5) is 8.36. The number of anilines is 1. The molecule has 1 rings (SSSR count). The smallest absolute Gasteiger partial charge is 0.291 e. The summed E-state index contributed by atoms with van der Waals surface area (Å²) in [5.41, 5.74) is 2.91. The van der Waals surface area contributed by atoms with E-state index in [0.717, 1.165) is 0 Å². The van der Waals surface area contributed by atoms with Gasteiger partial charge in [-0.2, -0.15) is 0 Å². The second kappa shape index (κ2) is 5.72. The summed E-state index contributed by atoms with van der Waals surface area (Å²) in [5, 5.41) is 13.6. The van der Waals surface area contributed by atoms with Crippen molar-refractivity contribution in [1.82, 2.24) is 0 Å². The number of nitrogens with one attached hydrogen (secondary N) is 1. The summed E-state index contributed by atoms with van der Waals surface area (Å²) in [5.74, 6) is 4.72. The predicted octanol–water partition coefficient (Wildman–Crippen LogP) is 0.764. The summed E-state index contributed by atoms with van der Waals surface area (Å²) in [6, 6.07) is 5.95. The maximum absolute atomic E-state index is 12.3. The highest BCUT2D eigenvalue weighted by Crippen LogP contribution is 2.05. The highest BCUT2D eigenvalue weighted by molar-refractivity contribution is 5.41. The molecule has 4 N–H and O–H groups in total. The number of nitrogen functional groups attached to an aromatic ring is 1. The van der Waals surface area contributed by atoms with Gasteiger partial charge in [-0.3, -0.25) is 5.84 Å². The van der Waals surface area contributed by atoms with Crippen molar-refractivity contribution in [2.75, 3.05) is 5.43 Å². The molecule has 0 saturated heterocycles. The lowest BCUT2D eigenvalue weighted by Gasteiger charge is -1.96. The number of rotatable bonds is 1. The Morgan fingerprint density at radius 2 is 2.15 bits per heavy atom. The molecule has 6 nitrogen and oxygen atoms in total. The first-order chi connectivity index (χ1) is 6.06. The number of halogens is 1. The monoisotopic (exact) mass is 189 g/mol. The number of benzene rings is 1. The molecule has 0 amide bonds. The van der Waals surface area contributed by atoms with E-state index in [4.69, 9.17) is 21.2 Å². The van der Waals surface area contributed by atoms with Crippen LogP contribution in [-0.4, -0.2) is 10.3 Å². The number of nitrogens with zero attached hydrogens (tertiary/aromatic N) is 1. The van der Waals surface area contributed by atoms with Crippen LogP contribution in [0.4, 0.5) is 10.1 Å². The number of nitrogens with two attached hydrogens (primary N) is 1. The van der Waals surface area contributed by atoms with Crippen molar-refractivity contribution in [1.29, 1.82) is 0 Å². The molecule has 0 saturated carbocycles. The Labute approximate surface area is 72.9 Å². The van der Waals surface area contributed by atoms with E-state index in [1.54, 1.807) is 12.1 Å². The molecule has 1 aromatic rings. The van der Waals surface area contributed by atoms with Gasteiger partial charge in [-0.25, -0.2) is 4.39 Å². The maximum Gasteiger partial charge on any atom is 0.291 e. The van der Waals surface area contributed by atoms with Gasteiger partial charge >= 0.3 is 0 Å². The predicted molar refractivity (Wildman–Crippen MR) is 43.0 cm³/mol. The van der Waals surface area contributed by atoms with Gasteiger partial charge < -0.3 is 10.6 Å². The second-order valence-corrected chi connectivity index (χ2v) is 1.89. The number of hydrazine groups is 1. The average Bonchev–Trinajstić information content (AvgIpc) is 2.03. The van der Waals surface area contributed by atoms with E-state index in [1.165, 1.54) is 12.1 Å². The number of hydrogen-bond acceptors (Lipinski definition) is 4. The first-order valence-corrected chi connectivity index (χ1v) is 3.11. The van der Waals surface area contributed by atoms with Crippen molar-refractivity contribution < 1.29 is 14.7 Å². The molecule has 0 aliphatic rings. The summed E-state index contributed by atoms with van der Waals surface area (Å²) in [7, 11) is 0. The molecule has 0 unspecified atom stereocenters. The zero-order valence-electron chi connectivity index (χ0n) is 6.48. The molecule has 0 fully saturated rings. The van der Waals surface area contributed by atoms with Crippen molar-refractivity contribution in [2.24, 2.45) is 5.84 Å². The van der Waals surface area contributed by atoms with Crippen LogP contribution in [0.5, 0.6) is 0 Å². The van der Waals surface area contributed by atoms with Gasteiger partial charge in [0.15, 0.2) is 0 Å². The third-order valence-corrected chi connectivity index (χ3v) is 0.991. The van der Waals surface area contributed by atoms with Gasteiger partial charge in [0.1, 0.15) is 5.82 Å². The van der Waals surface area contributed by atoms with Crippen molar-refractivity contribution in [3.63, 3.8) is 0 Å². The Kier molecular flexibility index (Phi) is 4.89. The van der Waals surface area contributed by atoms with Gasteiger partial charge in [-0.15, -0.1) is 10.1 Å². The summed E-state index contributed by atoms with van der Waals surface area (Å²) >= 11 is 0. The fraction of sp³-hybridized carbons (Fsp3) is 0. The third-order valence-electron chi connectivity index (χ3n) is 0.991. The first-order valence-electron chi connectivity index (χ1n) is 3.11. The third kappa shape index (κ3) is 6.51. The highest BCUT2D eigenvalue weighted by atomic mass is 19.1. The van der Waals surface area contributed by atoms with E-state index in [0.29, 0.717) is 5.69 Å². The molecule has 0 aromatic heterocycles. The molecular formula is C6H8FN3O3.